The van der Waals surface area contributed by atoms with E-state index in [9.17, 15) is 9.00 Å². The molecule has 1 aromatic carbocycles. The van der Waals surface area contributed by atoms with Crippen molar-refractivity contribution in [1.82, 2.24) is 0 Å². The maximum absolute atomic E-state index is 10.9. The van der Waals surface area contributed by atoms with Crippen molar-refractivity contribution in [2.75, 3.05) is 15.9 Å². The van der Waals surface area contributed by atoms with E-state index in [0.29, 0.717) is 11.4 Å². The Bertz CT molecular complexity index is 369. The average Bonchev–Trinajstić information content (AvgIpc) is 2.20. The van der Waals surface area contributed by atoms with Gasteiger partial charge in [0.15, 0.2) is 0 Å². The topological polar surface area (TPSA) is 78.4 Å². The van der Waals surface area contributed by atoms with E-state index in [0.717, 1.165) is 0 Å². The predicted octanol–water partition coefficient (Wildman–Crippen LogP) is 1.41. The number of carbonyl (C=O) groups is 1. The molecule has 1 amide bonds. The molecule has 15 heavy (non-hydrogen) atoms. The molecule has 1 unspecified atom stereocenters. The molecule has 0 radical (unpaired) electrons. The molecule has 3 N–H and O–H groups in total. The third-order valence-corrected chi connectivity index (χ3v) is 2.15. The lowest BCUT2D eigenvalue weighted by atomic mass is 10.3. The average molecular weight is 249 g/mol. The van der Waals surface area contributed by atoms with Crippen LogP contribution in [0.2, 0.25) is 0 Å². The Hall–Kier alpha value is -1.11. The van der Waals surface area contributed by atoms with E-state index in [1.165, 1.54) is 0 Å². The number of amides is 1. The van der Waals surface area contributed by atoms with E-state index in [1.807, 2.05) is 0 Å². The summed E-state index contributed by atoms with van der Waals surface area (Å²) in [6.07, 6.45) is 0. The molecule has 0 fully saturated rings. The van der Waals surface area contributed by atoms with Gasteiger partial charge in [0.25, 0.3) is 11.3 Å². The molecule has 82 valence electrons. The fourth-order valence-electron chi connectivity index (χ4n) is 0.917. The van der Waals surface area contributed by atoms with E-state index < -0.39 is 11.3 Å². The second-order valence-electron chi connectivity index (χ2n) is 2.61. The predicted molar refractivity (Wildman–Crippen MR) is 60.2 cm³/mol. The first-order chi connectivity index (χ1) is 7.11. The van der Waals surface area contributed by atoms with Crippen LogP contribution in [-0.2, 0) is 16.1 Å². The highest BCUT2D eigenvalue weighted by Gasteiger charge is 2.00. The molecular weight excluding hydrogens is 240 g/mol. The monoisotopic (exact) mass is 248 g/mol. The minimum atomic E-state index is -2.09. The number of alkyl halides is 1. The van der Waals surface area contributed by atoms with Gasteiger partial charge in [-0.05, 0) is 24.3 Å². The third kappa shape index (κ3) is 4.28. The van der Waals surface area contributed by atoms with Crippen LogP contribution in [0.4, 0.5) is 11.4 Å². The first-order valence-corrected chi connectivity index (χ1v) is 5.59. The molecule has 5 nitrogen and oxygen atoms in total. The summed E-state index contributed by atoms with van der Waals surface area (Å²) in [7, 11) is 0. The summed E-state index contributed by atoms with van der Waals surface area (Å²) in [6.45, 7) is 0. The fraction of sp³-hybridized carbons (Fsp3) is 0.125. The highest BCUT2D eigenvalue weighted by atomic mass is 35.5. The Morgan fingerprint density at radius 3 is 2.33 bits per heavy atom. The van der Waals surface area contributed by atoms with Crippen LogP contribution in [-0.4, -0.2) is 20.5 Å². The maximum Gasteiger partial charge on any atom is 0.259 e. The van der Waals surface area contributed by atoms with Crippen LogP contribution in [0, 0.1) is 0 Å². The summed E-state index contributed by atoms with van der Waals surface area (Å²) in [5.41, 5.74) is 1.06. The minimum Gasteiger partial charge on any atom is -0.325 e. The van der Waals surface area contributed by atoms with Gasteiger partial charge < -0.3 is 5.32 Å². The van der Waals surface area contributed by atoms with Crippen LogP contribution in [0.25, 0.3) is 0 Å². The Balaban J connectivity index is 2.64. The smallest absolute Gasteiger partial charge is 0.259 e. The Morgan fingerprint density at radius 2 is 1.87 bits per heavy atom. The largest absolute Gasteiger partial charge is 0.325 e. The number of rotatable bonds is 4. The molecule has 0 aromatic heterocycles. The van der Waals surface area contributed by atoms with Gasteiger partial charge in [-0.3, -0.25) is 14.1 Å². The van der Waals surface area contributed by atoms with E-state index >= 15 is 0 Å². The van der Waals surface area contributed by atoms with Crippen molar-refractivity contribution in [3.05, 3.63) is 24.3 Å². The molecule has 0 aliphatic carbocycles. The van der Waals surface area contributed by atoms with Crippen LogP contribution in [0.5, 0.6) is 0 Å². The molecule has 1 rings (SSSR count). The fourth-order valence-corrected chi connectivity index (χ4v) is 1.32. The number of hydrogen-bond acceptors (Lipinski definition) is 2. The van der Waals surface area contributed by atoms with Gasteiger partial charge in [0, 0.05) is 11.4 Å². The first-order valence-electron chi connectivity index (χ1n) is 3.95. The summed E-state index contributed by atoms with van der Waals surface area (Å²) in [6, 6.07) is 6.33. The van der Waals surface area contributed by atoms with Crippen molar-refractivity contribution in [3.63, 3.8) is 0 Å². The molecule has 0 saturated carbocycles. The SMILES string of the molecule is O=C(CCl)Nc1ccc(NS(=O)O)cc1. The highest BCUT2D eigenvalue weighted by molar-refractivity contribution is 7.80. The summed E-state index contributed by atoms with van der Waals surface area (Å²) in [4.78, 5) is 10.9. The number of halogens is 1. The third-order valence-electron chi connectivity index (χ3n) is 1.50. The van der Waals surface area contributed by atoms with E-state index in [1.54, 1.807) is 24.3 Å². The van der Waals surface area contributed by atoms with Gasteiger partial charge in [0.2, 0.25) is 5.91 Å². The lowest BCUT2D eigenvalue weighted by Gasteiger charge is -2.04. The number of carbonyl (C=O) groups excluding carboxylic acids is 1. The number of nitrogens with one attached hydrogen (secondary N) is 2. The molecule has 0 aliphatic rings. The van der Waals surface area contributed by atoms with Crippen LogP contribution in [0.1, 0.15) is 0 Å². The molecule has 7 heteroatoms. The molecule has 0 heterocycles. The van der Waals surface area contributed by atoms with Crippen LogP contribution < -0.4 is 10.0 Å². The first kappa shape index (κ1) is 12.0. The molecule has 1 aromatic rings. The van der Waals surface area contributed by atoms with Crippen LogP contribution in [0.15, 0.2) is 24.3 Å². The van der Waals surface area contributed by atoms with Gasteiger partial charge in [-0.2, -0.15) is 0 Å². The van der Waals surface area contributed by atoms with E-state index in [2.05, 4.69) is 10.0 Å². The van der Waals surface area contributed by atoms with E-state index in [-0.39, 0.29) is 11.8 Å². The summed E-state index contributed by atoms with van der Waals surface area (Å²) < 4.78 is 21.2. The van der Waals surface area contributed by atoms with Gasteiger partial charge in [0.05, 0.1) is 0 Å². The van der Waals surface area contributed by atoms with Gasteiger partial charge in [-0.15, -0.1) is 11.6 Å². The molecule has 0 aliphatic heterocycles. The van der Waals surface area contributed by atoms with Crippen LogP contribution in [0.3, 0.4) is 0 Å². The molecule has 0 bridgehead atoms. The summed E-state index contributed by atoms with van der Waals surface area (Å²) >= 11 is 3.21. The maximum atomic E-state index is 10.9. The zero-order valence-corrected chi connectivity index (χ0v) is 9.14. The minimum absolute atomic E-state index is 0.110. The standard InChI is InChI=1S/C8H9ClN2O3S/c9-5-8(12)10-6-1-3-7(4-2-6)11-15(13)14/h1-4,11H,5H2,(H,10,12)(H,13,14). The van der Waals surface area contributed by atoms with Gasteiger partial charge in [-0.25, -0.2) is 4.21 Å². The number of benzene rings is 1. The summed E-state index contributed by atoms with van der Waals surface area (Å²) in [5.74, 6) is -0.413. The lowest BCUT2D eigenvalue weighted by Crippen LogP contribution is -2.12. The molecule has 0 saturated heterocycles. The molecule has 0 spiro atoms. The second kappa shape index (κ2) is 5.69. The van der Waals surface area contributed by atoms with Crippen LogP contribution >= 0.6 is 11.6 Å². The zero-order chi connectivity index (χ0) is 11.3. The quantitative estimate of drug-likeness (QED) is 0.557. The number of hydrogen-bond donors (Lipinski definition) is 3. The van der Waals surface area contributed by atoms with Crippen molar-refractivity contribution >= 4 is 40.1 Å². The van der Waals surface area contributed by atoms with E-state index in [4.69, 9.17) is 16.2 Å². The summed E-state index contributed by atoms with van der Waals surface area (Å²) in [5, 5.41) is 2.54. The Labute approximate surface area is 94.2 Å². The van der Waals surface area contributed by atoms with Gasteiger partial charge >= 0.3 is 0 Å². The Morgan fingerprint density at radius 1 is 1.33 bits per heavy atom. The van der Waals surface area contributed by atoms with Crippen molar-refractivity contribution in [1.29, 1.82) is 0 Å². The molecule has 1 atom stereocenters. The molecular formula is C8H9ClN2O3S. The normalized spacial score (nSPS) is 11.9. The Kier molecular flexibility index (Phi) is 4.54. The van der Waals surface area contributed by atoms with Crippen molar-refractivity contribution in [2.24, 2.45) is 0 Å². The van der Waals surface area contributed by atoms with Crippen molar-refractivity contribution in [3.8, 4) is 0 Å². The lowest BCUT2D eigenvalue weighted by molar-refractivity contribution is -0.113. The number of anilines is 2. The zero-order valence-electron chi connectivity index (χ0n) is 7.57. The van der Waals surface area contributed by atoms with Gasteiger partial charge in [0.1, 0.15) is 5.88 Å². The second-order valence-corrected chi connectivity index (χ2v) is 3.58. The van der Waals surface area contributed by atoms with Crippen molar-refractivity contribution < 1.29 is 13.6 Å². The van der Waals surface area contributed by atoms with Gasteiger partial charge in [-0.1, -0.05) is 0 Å². The highest BCUT2D eigenvalue weighted by Crippen LogP contribution is 2.13. The van der Waals surface area contributed by atoms with Crippen molar-refractivity contribution in [2.45, 2.75) is 0 Å².